The summed E-state index contributed by atoms with van der Waals surface area (Å²) in [6.07, 6.45) is 0. The number of halogens is 2. The first-order chi connectivity index (χ1) is 8.97. The number of benzene rings is 1. The van der Waals surface area contributed by atoms with Crippen LogP contribution in [0.15, 0.2) is 34.8 Å². The molecule has 98 valence electrons. The maximum Gasteiger partial charge on any atom is 0.255 e. The van der Waals surface area contributed by atoms with E-state index in [0.29, 0.717) is 10.2 Å². The van der Waals surface area contributed by atoms with Gasteiger partial charge in [-0.25, -0.2) is 4.39 Å². The molecule has 0 aliphatic rings. The van der Waals surface area contributed by atoms with Crippen LogP contribution in [0.4, 0.5) is 10.1 Å². The van der Waals surface area contributed by atoms with E-state index in [1.807, 2.05) is 19.9 Å². The highest BCUT2D eigenvalue weighted by Gasteiger charge is 2.10. The van der Waals surface area contributed by atoms with E-state index in [4.69, 9.17) is 0 Å². The van der Waals surface area contributed by atoms with Crippen molar-refractivity contribution in [2.75, 3.05) is 5.32 Å². The fourth-order valence-electron chi connectivity index (χ4n) is 1.65. The van der Waals surface area contributed by atoms with E-state index >= 15 is 0 Å². The lowest BCUT2D eigenvalue weighted by Crippen LogP contribution is -2.13. The van der Waals surface area contributed by atoms with Crippen LogP contribution in [0.1, 0.15) is 21.7 Å². The zero-order valence-corrected chi connectivity index (χ0v) is 12.1. The molecule has 3 nitrogen and oxygen atoms in total. The van der Waals surface area contributed by atoms with Crippen LogP contribution in [0.3, 0.4) is 0 Å². The van der Waals surface area contributed by atoms with E-state index < -0.39 is 5.82 Å². The Labute approximate surface area is 119 Å². The molecule has 0 aliphatic carbocycles. The van der Waals surface area contributed by atoms with Crippen LogP contribution in [0.5, 0.6) is 0 Å². The molecule has 0 radical (unpaired) electrons. The largest absolute Gasteiger partial charge is 0.320 e. The third-order valence-electron chi connectivity index (χ3n) is 2.66. The van der Waals surface area contributed by atoms with Gasteiger partial charge in [0.1, 0.15) is 5.82 Å². The van der Waals surface area contributed by atoms with Crippen molar-refractivity contribution in [3.05, 3.63) is 57.6 Å². The van der Waals surface area contributed by atoms with Crippen LogP contribution < -0.4 is 5.32 Å². The first kappa shape index (κ1) is 13.7. The molecular formula is C14H12BrFN2O. The molecule has 19 heavy (non-hydrogen) atoms. The number of aromatic nitrogens is 1. The van der Waals surface area contributed by atoms with E-state index in [-0.39, 0.29) is 11.5 Å². The van der Waals surface area contributed by atoms with Crippen molar-refractivity contribution in [2.45, 2.75) is 13.8 Å². The summed E-state index contributed by atoms with van der Waals surface area (Å²) in [6.45, 7) is 3.69. The van der Waals surface area contributed by atoms with E-state index in [1.165, 1.54) is 12.1 Å². The predicted molar refractivity (Wildman–Crippen MR) is 75.8 cm³/mol. The number of hydrogen-bond donors (Lipinski definition) is 1. The third-order valence-corrected chi connectivity index (χ3v) is 3.30. The Bertz CT molecular complexity index is 643. The number of pyridine rings is 1. The lowest BCUT2D eigenvalue weighted by Gasteiger charge is -2.08. The fraction of sp³-hybridized carbons (Fsp3) is 0.143. The molecule has 0 bridgehead atoms. The van der Waals surface area contributed by atoms with Crippen LogP contribution in [0.25, 0.3) is 0 Å². The van der Waals surface area contributed by atoms with Crippen molar-refractivity contribution in [1.29, 1.82) is 0 Å². The highest BCUT2D eigenvalue weighted by molar-refractivity contribution is 9.10. The second-order valence-electron chi connectivity index (χ2n) is 4.17. The zero-order chi connectivity index (χ0) is 14.0. The van der Waals surface area contributed by atoms with Gasteiger partial charge < -0.3 is 5.32 Å². The Hall–Kier alpha value is -1.75. The van der Waals surface area contributed by atoms with Gasteiger partial charge in [0.25, 0.3) is 5.91 Å². The first-order valence-electron chi connectivity index (χ1n) is 5.68. The number of carbonyl (C=O) groups excluding carboxylic acids is 1. The predicted octanol–water partition coefficient (Wildman–Crippen LogP) is 3.85. The van der Waals surface area contributed by atoms with Gasteiger partial charge >= 0.3 is 0 Å². The third kappa shape index (κ3) is 3.17. The van der Waals surface area contributed by atoms with E-state index in [1.54, 1.807) is 12.1 Å². The van der Waals surface area contributed by atoms with Gasteiger partial charge in [0.15, 0.2) is 0 Å². The van der Waals surface area contributed by atoms with Gasteiger partial charge in [0, 0.05) is 11.3 Å². The normalized spacial score (nSPS) is 10.3. The summed E-state index contributed by atoms with van der Waals surface area (Å²) in [5.74, 6) is -0.827. The average molecular weight is 323 g/mol. The van der Waals surface area contributed by atoms with Gasteiger partial charge in [-0.1, -0.05) is 0 Å². The number of anilines is 1. The maximum absolute atomic E-state index is 13.4. The van der Waals surface area contributed by atoms with Crippen LogP contribution in [-0.2, 0) is 0 Å². The first-order valence-corrected chi connectivity index (χ1v) is 6.47. The molecule has 0 atom stereocenters. The molecule has 2 aromatic rings. The molecule has 0 fully saturated rings. The van der Waals surface area contributed by atoms with Crippen LogP contribution in [-0.4, -0.2) is 10.9 Å². The second kappa shape index (κ2) is 5.48. The molecule has 1 aromatic carbocycles. The SMILES string of the molecule is Cc1ccc(NC(=O)c2ccc(Br)c(F)c2)c(C)n1. The highest BCUT2D eigenvalue weighted by atomic mass is 79.9. The van der Waals surface area contributed by atoms with Crippen molar-refractivity contribution in [3.8, 4) is 0 Å². The molecule has 1 amide bonds. The molecule has 1 aromatic heterocycles. The summed E-state index contributed by atoms with van der Waals surface area (Å²) >= 11 is 3.05. The van der Waals surface area contributed by atoms with Crippen molar-refractivity contribution in [2.24, 2.45) is 0 Å². The molecule has 5 heteroatoms. The minimum absolute atomic E-state index is 0.265. The Morgan fingerprint density at radius 1 is 1.26 bits per heavy atom. The number of hydrogen-bond acceptors (Lipinski definition) is 2. The van der Waals surface area contributed by atoms with E-state index in [2.05, 4.69) is 26.2 Å². The quantitative estimate of drug-likeness (QED) is 0.912. The monoisotopic (exact) mass is 322 g/mol. The average Bonchev–Trinajstić information content (AvgIpc) is 2.36. The smallest absolute Gasteiger partial charge is 0.255 e. The number of amides is 1. The molecule has 2 rings (SSSR count). The van der Waals surface area contributed by atoms with Crippen molar-refractivity contribution >= 4 is 27.5 Å². The number of rotatable bonds is 2. The van der Waals surface area contributed by atoms with E-state index in [0.717, 1.165) is 11.4 Å². The van der Waals surface area contributed by atoms with Gasteiger partial charge in [-0.15, -0.1) is 0 Å². The summed E-state index contributed by atoms with van der Waals surface area (Å²) in [4.78, 5) is 16.2. The number of nitrogens with one attached hydrogen (secondary N) is 1. The Morgan fingerprint density at radius 3 is 2.63 bits per heavy atom. The lowest BCUT2D eigenvalue weighted by atomic mass is 10.2. The molecule has 0 saturated heterocycles. The Balaban J connectivity index is 2.23. The number of aryl methyl sites for hydroxylation is 2. The van der Waals surface area contributed by atoms with Crippen LogP contribution in [0, 0.1) is 19.7 Å². The van der Waals surface area contributed by atoms with Crippen LogP contribution >= 0.6 is 15.9 Å². The summed E-state index contributed by atoms with van der Waals surface area (Å²) in [6, 6.07) is 7.84. The van der Waals surface area contributed by atoms with Crippen LogP contribution in [0.2, 0.25) is 0 Å². The zero-order valence-electron chi connectivity index (χ0n) is 10.5. The molecular weight excluding hydrogens is 311 g/mol. The summed E-state index contributed by atoms with van der Waals surface area (Å²) in [5.41, 5.74) is 2.50. The Morgan fingerprint density at radius 2 is 2.00 bits per heavy atom. The minimum atomic E-state index is -0.466. The number of carbonyl (C=O) groups is 1. The molecule has 0 saturated carbocycles. The lowest BCUT2D eigenvalue weighted by molar-refractivity contribution is 0.102. The summed E-state index contributed by atoms with van der Waals surface area (Å²) < 4.78 is 13.7. The highest BCUT2D eigenvalue weighted by Crippen LogP contribution is 2.18. The summed E-state index contributed by atoms with van der Waals surface area (Å²) in [5, 5.41) is 2.72. The van der Waals surface area contributed by atoms with Gasteiger partial charge in [-0.2, -0.15) is 0 Å². The maximum atomic E-state index is 13.4. The van der Waals surface area contributed by atoms with Crippen molar-refractivity contribution in [1.82, 2.24) is 4.98 Å². The van der Waals surface area contributed by atoms with Gasteiger partial charge in [0.05, 0.1) is 15.9 Å². The summed E-state index contributed by atoms with van der Waals surface area (Å²) in [7, 11) is 0. The molecule has 1 N–H and O–H groups in total. The fourth-order valence-corrected chi connectivity index (χ4v) is 1.90. The van der Waals surface area contributed by atoms with Crippen molar-refractivity contribution < 1.29 is 9.18 Å². The van der Waals surface area contributed by atoms with Gasteiger partial charge in [-0.3, -0.25) is 9.78 Å². The Kier molecular flexibility index (Phi) is 3.95. The molecule has 1 heterocycles. The minimum Gasteiger partial charge on any atom is -0.320 e. The number of nitrogens with zero attached hydrogens (tertiary/aromatic N) is 1. The van der Waals surface area contributed by atoms with Gasteiger partial charge in [0.2, 0.25) is 0 Å². The standard InChI is InChI=1S/C14H12BrFN2O/c1-8-3-6-13(9(2)17-8)18-14(19)10-4-5-11(15)12(16)7-10/h3-7H,1-2H3,(H,18,19). The molecule has 0 unspecified atom stereocenters. The van der Waals surface area contributed by atoms with E-state index in [9.17, 15) is 9.18 Å². The molecule has 0 aliphatic heterocycles. The van der Waals surface area contributed by atoms with Gasteiger partial charge in [-0.05, 0) is 60.1 Å². The topological polar surface area (TPSA) is 42.0 Å². The van der Waals surface area contributed by atoms with Crippen molar-refractivity contribution in [3.63, 3.8) is 0 Å². The molecule has 0 spiro atoms. The second-order valence-corrected chi connectivity index (χ2v) is 5.02.